The number of sulfonamides is 1. The van der Waals surface area contributed by atoms with Crippen LogP contribution < -0.4 is 10.5 Å². The van der Waals surface area contributed by atoms with Crippen LogP contribution in [0.2, 0.25) is 0 Å². The Morgan fingerprint density at radius 1 is 0.853 bits per heavy atom. The zero-order valence-corrected chi connectivity index (χ0v) is 19.3. The number of anilines is 2. The first kappa shape index (κ1) is 21.8. The predicted molar refractivity (Wildman–Crippen MR) is 133 cm³/mol. The van der Waals surface area contributed by atoms with Crippen molar-refractivity contribution in [2.24, 2.45) is 0 Å². The maximum atomic E-state index is 13.1. The zero-order chi connectivity index (χ0) is 23.7. The van der Waals surface area contributed by atoms with Gasteiger partial charge in [0.15, 0.2) is 11.0 Å². The lowest BCUT2D eigenvalue weighted by Gasteiger charge is -2.10. The molecule has 170 valence electrons. The Morgan fingerprint density at radius 3 is 2.29 bits per heavy atom. The van der Waals surface area contributed by atoms with E-state index >= 15 is 0 Å². The van der Waals surface area contributed by atoms with Crippen LogP contribution in [0.4, 0.5) is 11.4 Å². The van der Waals surface area contributed by atoms with E-state index in [-0.39, 0.29) is 4.90 Å². The molecule has 0 amide bonds. The average Bonchev–Trinajstić information content (AvgIpc) is 3.29. The molecule has 0 saturated carbocycles. The summed E-state index contributed by atoms with van der Waals surface area (Å²) < 4.78 is 42.5. The van der Waals surface area contributed by atoms with Gasteiger partial charge in [-0.05, 0) is 48.0 Å². The van der Waals surface area contributed by atoms with Crippen molar-refractivity contribution in [3.8, 4) is 11.1 Å². The Labute approximate surface area is 198 Å². The summed E-state index contributed by atoms with van der Waals surface area (Å²) in [7, 11) is -5.32. The van der Waals surface area contributed by atoms with Gasteiger partial charge in [-0.2, -0.15) is 9.19 Å². The molecule has 0 fully saturated rings. The molecule has 0 radical (unpaired) electrons. The van der Waals surface area contributed by atoms with Crippen LogP contribution in [0.25, 0.3) is 22.0 Å². The molecule has 10 heteroatoms. The van der Waals surface area contributed by atoms with Crippen LogP contribution in [-0.2, 0) is 21.0 Å². The number of benzene rings is 3. The largest absolute Gasteiger partial charge is 0.398 e. The van der Waals surface area contributed by atoms with Gasteiger partial charge in [0.1, 0.15) is 0 Å². The summed E-state index contributed by atoms with van der Waals surface area (Å²) in [5.74, 6) is 0. The first-order valence-corrected chi connectivity index (χ1v) is 12.8. The van der Waals surface area contributed by atoms with Crippen molar-refractivity contribution in [2.75, 3.05) is 10.5 Å². The summed E-state index contributed by atoms with van der Waals surface area (Å²) in [6, 6.07) is 22.3. The second-order valence-corrected chi connectivity index (χ2v) is 10.5. The van der Waals surface area contributed by atoms with Crippen molar-refractivity contribution in [3.05, 3.63) is 97.5 Å². The molecule has 8 nitrogen and oxygen atoms in total. The molecular formula is C24H19N5O3S2. The van der Waals surface area contributed by atoms with E-state index in [1.54, 1.807) is 54.9 Å². The highest BCUT2D eigenvalue weighted by Crippen LogP contribution is 2.31. The SMILES string of the molecule is Nc1cc(-c2cncc(NS(=O)(=O)c3ccccc3)c2)cc2c1cnn2S(=O)c1ccccc1. The predicted octanol–water partition coefficient (Wildman–Crippen LogP) is 4.05. The number of rotatable bonds is 6. The van der Waals surface area contributed by atoms with Crippen LogP contribution in [0.5, 0.6) is 0 Å². The molecule has 0 saturated heterocycles. The molecular weight excluding hydrogens is 470 g/mol. The number of hydrogen-bond donors (Lipinski definition) is 2. The molecule has 0 aliphatic heterocycles. The van der Waals surface area contributed by atoms with E-state index in [1.807, 2.05) is 24.3 Å². The van der Waals surface area contributed by atoms with Crippen LogP contribution in [0.15, 0.2) is 107 Å². The lowest BCUT2D eigenvalue weighted by molar-refractivity contribution is 0.601. The second-order valence-electron chi connectivity index (χ2n) is 7.46. The van der Waals surface area contributed by atoms with Gasteiger partial charge in [-0.1, -0.05) is 36.4 Å². The van der Waals surface area contributed by atoms with Gasteiger partial charge in [0.2, 0.25) is 0 Å². The van der Waals surface area contributed by atoms with Crippen LogP contribution >= 0.6 is 0 Å². The van der Waals surface area contributed by atoms with E-state index in [2.05, 4.69) is 14.8 Å². The van der Waals surface area contributed by atoms with Crippen LogP contribution in [0, 0.1) is 0 Å². The van der Waals surface area contributed by atoms with Gasteiger partial charge in [0, 0.05) is 22.8 Å². The van der Waals surface area contributed by atoms with Gasteiger partial charge >= 0.3 is 0 Å². The van der Waals surface area contributed by atoms with Gasteiger partial charge in [-0.15, -0.1) is 0 Å². The lowest BCUT2D eigenvalue weighted by Crippen LogP contribution is -2.13. The zero-order valence-electron chi connectivity index (χ0n) is 17.7. The fourth-order valence-corrected chi connectivity index (χ4v) is 5.64. The Balaban J connectivity index is 1.53. The third-order valence-electron chi connectivity index (χ3n) is 5.17. The molecule has 3 aromatic carbocycles. The monoisotopic (exact) mass is 489 g/mol. The number of nitrogens with zero attached hydrogens (tertiary/aromatic N) is 3. The van der Waals surface area contributed by atoms with E-state index < -0.39 is 21.0 Å². The van der Waals surface area contributed by atoms with Crippen molar-refractivity contribution >= 4 is 43.3 Å². The number of nitrogen functional groups attached to an aromatic ring is 1. The highest BCUT2D eigenvalue weighted by Gasteiger charge is 2.17. The van der Waals surface area contributed by atoms with Gasteiger partial charge in [-0.3, -0.25) is 9.71 Å². The van der Waals surface area contributed by atoms with Crippen molar-refractivity contribution in [3.63, 3.8) is 0 Å². The summed E-state index contributed by atoms with van der Waals surface area (Å²) >= 11 is 0. The van der Waals surface area contributed by atoms with E-state index in [0.717, 1.165) is 0 Å². The van der Waals surface area contributed by atoms with E-state index in [9.17, 15) is 12.6 Å². The number of fused-ring (bicyclic) bond motifs is 1. The molecule has 34 heavy (non-hydrogen) atoms. The third-order valence-corrected chi connectivity index (χ3v) is 7.84. The summed E-state index contributed by atoms with van der Waals surface area (Å²) in [5.41, 5.74) is 8.96. The fourth-order valence-electron chi connectivity index (χ4n) is 3.53. The topological polar surface area (TPSA) is 120 Å². The maximum Gasteiger partial charge on any atom is 0.261 e. The minimum Gasteiger partial charge on any atom is -0.398 e. The Hall–Kier alpha value is -4.02. The van der Waals surface area contributed by atoms with Gasteiger partial charge in [-0.25, -0.2) is 12.6 Å². The van der Waals surface area contributed by atoms with Crippen molar-refractivity contribution in [1.29, 1.82) is 0 Å². The average molecular weight is 490 g/mol. The van der Waals surface area contributed by atoms with Crippen LogP contribution in [0.1, 0.15) is 0 Å². The smallest absolute Gasteiger partial charge is 0.261 e. The van der Waals surface area contributed by atoms with Crippen molar-refractivity contribution < 1.29 is 12.6 Å². The van der Waals surface area contributed by atoms with E-state index in [1.165, 1.54) is 22.4 Å². The second kappa shape index (κ2) is 8.73. The minimum absolute atomic E-state index is 0.151. The third kappa shape index (κ3) is 4.16. The maximum absolute atomic E-state index is 13.1. The van der Waals surface area contributed by atoms with Crippen molar-refractivity contribution in [1.82, 2.24) is 14.2 Å². The normalized spacial score (nSPS) is 12.5. The Bertz CT molecular complexity index is 1620. The Morgan fingerprint density at radius 2 is 1.56 bits per heavy atom. The Kier molecular flexibility index (Phi) is 5.60. The van der Waals surface area contributed by atoms with Gasteiger partial charge in [0.05, 0.1) is 33.4 Å². The molecule has 0 spiro atoms. The number of pyridine rings is 1. The van der Waals surface area contributed by atoms with Gasteiger partial charge < -0.3 is 5.73 Å². The molecule has 2 heterocycles. The molecule has 5 aromatic rings. The molecule has 1 atom stereocenters. The molecule has 2 aromatic heterocycles. The summed E-state index contributed by atoms with van der Waals surface area (Å²) in [6.07, 6.45) is 4.62. The molecule has 0 aliphatic carbocycles. The number of aromatic nitrogens is 3. The van der Waals surface area contributed by atoms with Crippen LogP contribution in [-0.4, -0.2) is 26.8 Å². The molecule has 1 unspecified atom stereocenters. The van der Waals surface area contributed by atoms with E-state index in [0.29, 0.717) is 38.3 Å². The molecule has 5 rings (SSSR count). The fraction of sp³-hybridized carbons (Fsp3) is 0. The number of nitrogens with one attached hydrogen (secondary N) is 1. The molecule has 0 aliphatic rings. The first-order chi connectivity index (χ1) is 16.4. The summed E-state index contributed by atoms with van der Waals surface area (Å²) in [4.78, 5) is 4.95. The van der Waals surface area contributed by atoms with Crippen molar-refractivity contribution in [2.45, 2.75) is 9.79 Å². The highest BCUT2D eigenvalue weighted by molar-refractivity contribution is 7.92. The quantitative estimate of drug-likeness (QED) is 0.347. The standard InChI is InChI=1S/C24H19N5O3S2/c25-23-12-17(13-24-22(23)16-27-29(24)33(30)20-7-3-1-4-8-20)18-11-19(15-26-14-18)28-34(31,32)21-9-5-2-6-10-21/h1-16,28H,25H2. The minimum atomic E-state index is -3.76. The van der Waals surface area contributed by atoms with Gasteiger partial charge in [0.25, 0.3) is 10.0 Å². The molecule has 3 N–H and O–H groups in total. The lowest BCUT2D eigenvalue weighted by atomic mass is 10.0. The summed E-state index contributed by atoms with van der Waals surface area (Å²) in [6.45, 7) is 0. The number of hydrogen-bond acceptors (Lipinski definition) is 6. The highest BCUT2D eigenvalue weighted by atomic mass is 32.2. The first-order valence-electron chi connectivity index (χ1n) is 10.2. The van der Waals surface area contributed by atoms with E-state index in [4.69, 9.17) is 5.73 Å². The number of nitrogens with two attached hydrogens (primary N) is 1. The van der Waals surface area contributed by atoms with Crippen LogP contribution in [0.3, 0.4) is 0 Å². The molecule has 0 bridgehead atoms. The summed E-state index contributed by atoms with van der Waals surface area (Å²) in [5, 5.41) is 4.96.